The van der Waals surface area contributed by atoms with E-state index < -0.39 is 10.0 Å². The minimum absolute atomic E-state index is 0.336. The van der Waals surface area contributed by atoms with Crippen LogP contribution in [-0.4, -0.2) is 33.0 Å². The zero-order valence-corrected chi connectivity index (χ0v) is 15.7. The van der Waals surface area contributed by atoms with Crippen molar-refractivity contribution in [2.45, 2.75) is 51.1 Å². The highest BCUT2D eigenvalue weighted by Gasteiger charge is 2.22. The topological polar surface area (TPSA) is 58.2 Å². The summed E-state index contributed by atoms with van der Waals surface area (Å²) >= 11 is 3.30. The summed E-state index contributed by atoms with van der Waals surface area (Å²) in [6.07, 6.45) is 3.98. The number of sulfonamides is 1. The summed E-state index contributed by atoms with van der Waals surface area (Å²) in [4.78, 5) is 1.35. The Hall–Kier alpha value is -0.0800. The van der Waals surface area contributed by atoms with Gasteiger partial charge in [-0.05, 0) is 42.7 Å². The van der Waals surface area contributed by atoms with Gasteiger partial charge in [-0.15, -0.1) is 11.3 Å². The van der Waals surface area contributed by atoms with Crippen molar-refractivity contribution in [3.8, 4) is 0 Å². The summed E-state index contributed by atoms with van der Waals surface area (Å²) < 4.78 is 27.7. The van der Waals surface area contributed by atoms with Crippen LogP contribution in [-0.2, 0) is 16.6 Å². The summed E-state index contributed by atoms with van der Waals surface area (Å²) in [5.74, 6) is 1.07. The SMILES string of the molecule is CSCCCCNS(=O)(=O)c1c(C)csc1CNC(C)C. The molecule has 21 heavy (non-hydrogen) atoms. The van der Waals surface area contributed by atoms with E-state index in [1.165, 1.54) is 11.3 Å². The number of hydrogen-bond acceptors (Lipinski definition) is 5. The molecule has 7 heteroatoms. The van der Waals surface area contributed by atoms with Crippen LogP contribution in [0.4, 0.5) is 0 Å². The maximum absolute atomic E-state index is 12.5. The molecule has 4 nitrogen and oxygen atoms in total. The van der Waals surface area contributed by atoms with Crippen LogP contribution in [0.15, 0.2) is 10.3 Å². The van der Waals surface area contributed by atoms with Crippen molar-refractivity contribution in [1.29, 1.82) is 0 Å². The molecule has 0 radical (unpaired) electrons. The van der Waals surface area contributed by atoms with E-state index in [0.29, 0.717) is 24.0 Å². The molecule has 0 unspecified atom stereocenters. The van der Waals surface area contributed by atoms with Crippen molar-refractivity contribution in [3.05, 3.63) is 15.8 Å². The summed E-state index contributed by atoms with van der Waals surface area (Å²) in [5, 5.41) is 5.20. The molecule has 0 aromatic carbocycles. The number of rotatable bonds is 10. The van der Waals surface area contributed by atoms with Gasteiger partial charge in [0.05, 0.1) is 0 Å². The van der Waals surface area contributed by atoms with Gasteiger partial charge in [-0.3, -0.25) is 0 Å². The predicted molar refractivity (Wildman–Crippen MR) is 93.8 cm³/mol. The molecule has 0 aliphatic carbocycles. The highest BCUT2D eigenvalue weighted by molar-refractivity contribution is 7.98. The highest BCUT2D eigenvalue weighted by atomic mass is 32.2. The van der Waals surface area contributed by atoms with Gasteiger partial charge in [-0.25, -0.2) is 13.1 Å². The van der Waals surface area contributed by atoms with E-state index in [1.54, 1.807) is 11.8 Å². The number of aryl methyl sites for hydroxylation is 1. The fraction of sp³-hybridized carbons (Fsp3) is 0.714. The maximum atomic E-state index is 12.5. The molecular formula is C14H26N2O2S3. The lowest BCUT2D eigenvalue weighted by Crippen LogP contribution is -2.27. The third-order valence-corrected chi connectivity index (χ3v) is 6.62. The molecule has 1 aromatic rings. The van der Waals surface area contributed by atoms with E-state index in [1.807, 2.05) is 12.3 Å². The molecule has 0 fully saturated rings. The molecule has 0 aliphatic rings. The Morgan fingerprint density at radius 1 is 1.33 bits per heavy atom. The van der Waals surface area contributed by atoms with E-state index in [4.69, 9.17) is 0 Å². The minimum Gasteiger partial charge on any atom is -0.310 e. The first-order chi connectivity index (χ1) is 9.88. The average molecular weight is 351 g/mol. The zero-order valence-electron chi connectivity index (χ0n) is 13.2. The number of unbranched alkanes of at least 4 members (excludes halogenated alkanes) is 1. The first-order valence-corrected chi connectivity index (χ1v) is 10.9. The Morgan fingerprint density at radius 2 is 2.05 bits per heavy atom. The molecule has 0 bridgehead atoms. The second-order valence-electron chi connectivity index (χ2n) is 5.30. The number of nitrogens with one attached hydrogen (secondary N) is 2. The van der Waals surface area contributed by atoms with Crippen LogP contribution in [0.3, 0.4) is 0 Å². The monoisotopic (exact) mass is 350 g/mol. The van der Waals surface area contributed by atoms with Gasteiger partial charge in [-0.1, -0.05) is 13.8 Å². The molecule has 2 N–H and O–H groups in total. The van der Waals surface area contributed by atoms with Crippen LogP contribution in [0.5, 0.6) is 0 Å². The summed E-state index contributed by atoms with van der Waals surface area (Å²) in [6.45, 7) is 7.07. The molecule has 1 heterocycles. The van der Waals surface area contributed by atoms with Gasteiger partial charge in [-0.2, -0.15) is 11.8 Å². The fourth-order valence-electron chi connectivity index (χ4n) is 1.92. The molecule has 0 atom stereocenters. The smallest absolute Gasteiger partial charge is 0.241 e. The first-order valence-electron chi connectivity index (χ1n) is 7.17. The molecule has 122 valence electrons. The van der Waals surface area contributed by atoms with Gasteiger partial charge in [0.25, 0.3) is 0 Å². The summed E-state index contributed by atoms with van der Waals surface area (Å²) in [6, 6.07) is 0.336. The molecule has 0 saturated heterocycles. The third kappa shape index (κ3) is 6.28. The molecule has 0 spiro atoms. The first kappa shape index (κ1) is 19.0. The second kappa shape index (κ2) is 9.15. The number of hydrogen-bond donors (Lipinski definition) is 2. The second-order valence-corrected chi connectivity index (χ2v) is 8.96. The quantitative estimate of drug-likeness (QED) is 0.637. The van der Waals surface area contributed by atoms with Crippen LogP contribution in [0, 0.1) is 6.92 Å². The van der Waals surface area contributed by atoms with Gasteiger partial charge in [0, 0.05) is 24.0 Å². The number of thioether (sulfide) groups is 1. The van der Waals surface area contributed by atoms with Crippen molar-refractivity contribution < 1.29 is 8.42 Å². The van der Waals surface area contributed by atoms with E-state index >= 15 is 0 Å². The minimum atomic E-state index is -3.40. The Bertz CT molecular complexity index is 524. The van der Waals surface area contributed by atoms with E-state index in [-0.39, 0.29) is 0 Å². The largest absolute Gasteiger partial charge is 0.310 e. The van der Waals surface area contributed by atoms with Crippen LogP contribution in [0.2, 0.25) is 0 Å². The Morgan fingerprint density at radius 3 is 2.67 bits per heavy atom. The maximum Gasteiger partial charge on any atom is 0.241 e. The highest BCUT2D eigenvalue weighted by Crippen LogP contribution is 2.26. The van der Waals surface area contributed by atoms with Crippen molar-refractivity contribution in [2.24, 2.45) is 0 Å². The molecular weight excluding hydrogens is 324 g/mol. The lowest BCUT2D eigenvalue weighted by atomic mass is 10.3. The Labute approximate surface area is 137 Å². The lowest BCUT2D eigenvalue weighted by Gasteiger charge is -2.11. The average Bonchev–Trinajstić information content (AvgIpc) is 2.78. The zero-order chi connectivity index (χ0) is 15.9. The third-order valence-electron chi connectivity index (χ3n) is 3.00. The molecule has 0 aliphatic heterocycles. The van der Waals surface area contributed by atoms with Crippen molar-refractivity contribution in [3.63, 3.8) is 0 Å². The molecule has 1 rings (SSSR count). The van der Waals surface area contributed by atoms with Gasteiger partial charge < -0.3 is 5.32 Å². The summed E-state index contributed by atoms with van der Waals surface area (Å²) in [5.41, 5.74) is 0.831. The standard InChI is InChI=1S/C14H26N2O2S3/c1-11(2)15-9-13-14(12(3)10-20-13)21(17,18)16-7-5-6-8-19-4/h10-11,15-16H,5-9H2,1-4H3. The normalized spacial score (nSPS) is 12.2. The van der Waals surface area contributed by atoms with Crippen LogP contribution >= 0.6 is 23.1 Å². The van der Waals surface area contributed by atoms with Crippen LogP contribution in [0.1, 0.15) is 37.1 Å². The van der Waals surface area contributed by atoms with Crippen molar-refractivity contribution in [1.82, 2.24) is 10.0 Å². The molecule has 0 saturated carbocycles. The fourth-order valence-corrected chi connectivity index (χ4v) is 5.24. The van der Waals surface area contributed by atoms with Gasteiger partial charge in [0.15, 0.2) is 0 Å². The van der Waals surface area contributed by atoms with Gasteiger partial charge in [0.2, 0.25) is 10.0 Å². The summed E-state index contributed by atoms with van der Waals surface area (Å²) in [7, 11) is -3.40. The predicted octanol–water partition coefficient (Wildman–Crippen LogP) is 2.98. The van der Waals surface area contributed by atoms with Crippen LogP contribution < -0.4 is 10.0 Å². The van der Waals surface area contributed by atoms with Crippen molar-refractivity contribution >= 4 is 33.1 Å². The van der Waals surface area contributed by atoms with Gasteiger partial charge >= 0.3 is 0 Å². The van der Waals surface area contributed by atoms with Crippen molar-refractivity contribution in [2.75, 3.05) is 18.6 Å². The number of thiophene rings is 1. The van der Waals surface area contributed by atoms with E-state index in [0.717, 1.165) is 29.0 Å². The van der Waals surface area contributed by atoms with Crippen LogP contribution in [0.25, 0.3) is 0 Å². The van der Waals surface area contributed by atoms with Gasteiger partial charge in [0.1, 0.15) is 4.90 Å². The van der Waals surface area contributed by atoms with E-state index in [9.17, 15) is 8.42 Å². The Kier molecular flexibility index (Phi) is 8.26. The molecule has 1 aromatic heterocycles. The van der Waals surface area contributed by atoms with E-state index in [2.05, 4.69) is 30.1 Å². The lowest BCUT2D eigenvalue weighted by molar-refractivity contribution is 0.569. The Balaban J connectivity index is 2.71. The molecule has 0 amide bonds.